The SMILES string of the molecule is CCC(CNC(=O)C(C)(C)Oc1ccc(F)cc1)(c1ccc(Cl)cc1)c1ccc(Cl)cc1F. The van der Waals surface area contributed by atoms with E-state index in [4.69, 9.17) is 27.9 Å². The first-order valence-electron chi connectivity index (χ1n) is 10.5. The molecule has 3 nitrogen and oxygen atoms in total. The van der Waals surface area contributed by atoms with Gasteiger partial charge < -0.3 is 10.1 Å². The van der Waals surface area contributed by atoms with Gasteiger partial charge in [0.2, 0.25) is 0 Å². The van der Waals surface area contributed by atoms with Crippen molar-refractivity contribution in [3.05, 3.63) is 99.5 Å². The Balaban J connectivity index is 1.92. The van der Waals surface area contributed by atoms with Crippen LogP contribution in [0.5, 0.6) is 5.75 Å². The van der Waals surface area contributed by atoms with Crippen molar-refractivity contribution >= 4 is 29.1 Å². The van der Waals surface area contributed by atoms with Gasteiger partial charge in [0.25, 0.3) is 5.91 Å². The lowest BCUT2D eigenvalue weighted by Gasteiger charge is -2.36. The third-order valence-corrected chi connectivity index (χ3v) is 6.22. The Labute approximate surface area is 202 Å². The number of benzene rings is 3. The first kappa shape index (κ1) is 25.0. The molecule has 1 N–H and O–H groups in total. The zero-order chi connectivity index (χ0) is 24.2. The maximum absolute atomic E-state index is 15.1. The molecule has 0 bridgehead atoms. The lowest BCUT2D eigenvalue weighted by molar-refractivity contribution is -0.134. The van der Waals surface area contributed by atoms with Crippen LogP contribution in [0, 0.1) is 11.6 Å². The van der Waals surface area contributed by atoms with Gasteiger partial charge in [-0.2, -0.15) is 0 Å². The minimum absolute atomic E-state index is 0.110. The standard InChI is InChI=1S/C26H25Cl2F2NO2/c1-4-26(17-5-7-18(27)8-6-17,22-14-9-19(28)15-23(22)30)16-31-24(32)25(2,3)33-21-12-10-20(29)11-13-21/h5-15H,4,16H2,1-3H3,(H,31,32). The molecule has 0 spiro atoms. The summed E-state index contributed by atoms with van der Waals surface area (Å²) >= 11 is 12.1. The number of carbonyl (C=O) groups is 1. The Kier molecular flexibility index (Phi) is 7.65. The summed E-state index contributed by atoms with van der Waals surface area (Å²) in [4.78, 5) is 13.1. The van der Waals surface area contributed by atoms with Gasteiger partial charge in [0, 0.05) is 27.6 Å². The third kappa shape index (κ3) is 5.66. The number of amides is 1. The largest absolute Gasteiger partial charge is 0.478 e. The minimum Gasteiger partial charge on any atom is -0.478 e. The van der Waals surface area contributed by atoms with E-state index in [0.717, 1.165) is 5.56 Å². The van der Waals surface area contributed by atoms with Gasteiger partial charge in [-0.25, -0.2) is 8.78 Å². The van der Waals surface area contributed by atoms with E-state index in [1.165, 1.54) is 30.3 Å². The molecule has 3 rings (SSSR count). The maximum Gasteiger partial charge on any atom is 0.263 e. The van der Waals surface area contributed by atoms with E-state index in [0.29, 0.717) is 22.8 Å². The average molecular weight is 492 g/mol. The predicted molar refractivity (Wildman–Crippen MR) is 128 cm³/mol. The van der Waals surface area contributed by atoms with Crippen LogP contribution in [0.25, 0.3) is 0 Å². The molecule has 3 aromatic rings. The Bertz CT molecular complexity index is 1120. The molecule has 7 heteroatoms. The Morgan fingerprint density at radius 1 is 0.939 bits per heavy atom. The van der Waals surface area contributed by atoms with Gasteiger partial charge >= 0.3 is 0 Å². The fourth-order valence-electron chi connectivity index (χ4n) is 3.81. The van der Waals surface area contributed by atoms with Crippen LogP contribution in [0.2, 0.25) is 10.0 Å². The van der Waals surface area contributed by atoms with E-state index in [-0.39, 0.29) is 11.6 Å². The number of hydrogen-bond acceptors (Lipinski definition) is 2. The molecule has 0 aliphatic heterocycles. The third-order valence-electron chi connectivity index (χ3n) is 5.73. The zero-order valence-electron chi connectivity index (χ0n) is 18.6. The van der Waals surface area contributed by atoms with Gasteiger partial charge in [-0.1, -0.05) is 48.3 Å². The van der Waals surface area contributed by atoms with Crippen molar-refractivity contribution in [1.29, 1.82) is 0 Å². The number of rotatable bonds is 8. The van der Waals surface area contributed by atoms with Crippen molar-refractivity contribution in [1.82, 2.24) is 5.32 Å². The van der Waals surface area contributed by atoms with Crippen molar-refractivity contribution in [2.24, 2.45) is 0 Å². The summed E-state index contributed by atoms with van der Waals surface area (Å²) in [7, 11) is 0. The van der Waals surface area contributed by atoms with E-state index in [9.17, 15) is 9.18 Å². The first-order chi connectivity index (χ1) is 15.6. The molecular weight excluding hydrogens is 467 g/mol. The highest BCUT2D eigenvalue weighted by Crippen LogP contribution is 2.38. The number of ether oxygens (including phenoxy) is 1. The Morgan fingerprint density at radius 2 is 1.55 bits per heavy atom. The summed E-state index contributed by atoms with van der Waals surface area (Å²) in [5.41, 5.74) is -0.918. The van der Waals surface area contributed by atoms with Gasteiger partial charge in [0.1, 0.15) is 17.4 Å². The summed E-state index contributed by atoms with van der Waals surface area (Å²) in [6.07, 6.45) is 0.493. The highest BCUT2D eigenvalue weighted by Gasteiger charge is 2.38. The zero-order valence-corrected chi connectivity index (χ0v) is 20.1. The molecule has 0 saturated heterocycles. The van der Waals surface area contributed by atoms with E-state index < -0.39 is 28.6 Å². The Hall–Kier alpha value is -2.63. The van der Waals surface area contributed by atoms with Crippen LogP contribution in [0.3, 0.4) is 0 Å². The van der Waals surface area contributed by atoms with Gasteiger partial charge in [-0.3, -0.25) is 4.79 Å². The molecule has 0 aliphatic rings. The van der Waals surface area contributed by atoms with E-state index in [1.54, 1.807) is 38.1 Å². The molecule has 0 heterocycles. The highest BCUT2D eigenvalue weighted by atomic mass is 35.5. The molecule has 0 aromatic heterocycles. The number of hydrogen-bond donors (Lipinski definition) is 1. The van der Waals surface area contributed by atoms with Gasteiger partial charge in [-0.15, -0.1) is 0 Å². The first-order valence-corrected chi connectivity index (χ1v) is 11.3. The minimum atomic E-state index is -1.25. The van der Waals surface area contributed by atoms with Crippen LogP contribution in [0.4, 0.5) is 8.78 Å². The monoisotopic (exact) mass is 491 g/mol. The molecule has 33 heavy (non-hydrogen) atoms. The fourth-order valence-corrected chi connectivity index (χ4v) is 4.09. The smallest absolute Gasteiger partial charge is 0.263 e. The molecule has 1 atom stereocenters. The number of halogens is 4. The van der Waals surface area contributed by atoms with Crippen molar-refractivity contribution in [3.8, 4) is 5.75 Å². The second-order valence-corrected chi connectivity index (χ2v) is 9.19. The van der Waals surface area contributed by atoms with Crippen LogP contribution in [0.1, 0.15) is 38.3 Å². The van der Waals surface area contributed by atoms with Gasteiger partial charge in [0.05, 0.1) is 0 Å². The molecule has 174 valence electrons. The van der Waals surface area contributed by atoms with Crippen LogP contribution < -0.4 is 10.1 Å². The topological polar surface area (TPSA) is 38.3 Å². The second kappa shape index (κ2) is 10.1. The molecule has 1 amide bonds. The highest BCUT2D eigenvalue weighted by molar-refractivity contribution is 6.30. The molecule has 0 radical (unpaired) electrons. The number of carbonyl (C=O) groups excluding carboxylic acids is 1. The second-order valence-electron chi connectivity index (χ2n) is 8.32. The molecule has 0 saturated carbocycles. The van der Waals surface area contributed by atoms with Crippen LogP contribution >= 0.6 is 23.2 Å². The fraction of sp³-hybridized carbons (Fsp3) is 0.269. The molecule has 0 aliphatic carbocycles. The van der Waals surface area contributed by atoms with Crippen LogP contribution in [-0.4, -0.2) is 18.1 Å². The maximum atomic E-state index is 15.1. The molecule has 0 fully saturated rings. The Morgan fingerprint density at radius 3 is 2.12 bits per heavy atom. The average Bonchev–Trinajstić information content (AvgIpc) is 2.77. The van der Waals surface area contributed by atoms with E-state index in [1.807, 2.05) is 19.1 Å². The molecular formula is C26H25Cl2F2NO2. The normalized spacial score (nSPS) is 13.3. The van der Waals surface area contributed by atoms with E-state index in [2.05, 4.69) is 5.32 Å². The van der Waals surface area contributed by atoms with Gasteiger partial charge in [0.15, 0.2) is 5.60 Å². The number of nitrogens with one attached hydrogen (secondary N) is 1. The predicted octanol–water partition coefficient (Wildman–Crippen LogP) is 6.94. The summed E-state index contributed by atoms with van der Waals surface area (Å²) < 4.78 is 34.1. The summed E-state index contributed by atoms with van der Waals surface area (Å²) in [6.45, 7) is 5.27. The summed E-state index contributed by atoms with van der Waals surface area (Å²) in [5, 5.41) is 3.77. The van der Waals surface area contributed by atoms with Gasteiger partial charge in [-0.05, 0) is 74.4 Å². The van der Waals surface area contributed by atoms with Crippen LogP contribution in [0.15, 0.2) is 66.7 Å². The quantitative estimate of drug-likeness (QED) is 0.370. The summed E-state index contributed by atoms with van der Waals surface area (Å²) in [6, 6.07) is 17.1. The van der Waals surface area contributed by atoms with E-state index >= 15 is 4.39 Å². The van der Waals surface area contributed by atoms with Crippen molar-refractivity contribution < 1.29 is 18.3 Å². The molecule has 3 aromatic carbocycles. The lowest BCUT2D eigenvalue weighted by atomic mass is 9.72. The van der Waals surface area contributed by atoms with Crippen LogP contribution in [-0.2, 0) is 10.2 Å². The van der Waals surface area contributed by atoms with Crippen molar-refractivity contribution in [3.63, 3.8) is 0 Å². The lowest BCUT2D eigenvalue weighted by Crippen LogP contribution is -2.51. The molecule has 1 unspecified atom stereocenters. The van der Waals surface area contributed by atoms with Crippen molar-refractivity contribution in [2.45, 2.75) is 38.2 Å². The summed E-state index contributed by atoms with van der Waals surface area (Å²) in [5.74, 6) is -0.895. The van der Waals surface area contributed by atoms with Crippen molar-refractivity contribution in [2.75, 3.05) is 6.54 Å².